The third kappa shape index (κ3) is 4.37. The van der Waals surface area contributed by atoms with Gasteiger partial charge < -0.3 is 10.1 Å². The number of hydrogen-bond donors (Lipinski definition) is 1. The van der Waals surface area contributed by atoms with E-state index in [0.717, 1.165) is 12.1 Å². The van der Waals surface area contributed by atoms with Gasteiger partial charge >= 0.3 is 0 Å². The van der Waals surface area contributed by atoms with Gasteiger partial charge in [0.05, 0.1) is 0 Å². The van der Waals surface area contributed by atoms with Crippen LogP contribution in [0.4, 0.5) is 14.6 Å². The van der Waals surface area contributed by atoms with Gasteiger partial charge in [-0.2, -0.15) is 0 Å². The Morgan fingerprint density at radius 1 is 1.19 bits per heavy atom. The first-order valence-electron chi connectivity index (χ1n) is 6.38. The van der Waals surface area contributed by atoms with E-state index in [1.165, 1.54) is 17.8 Å². The van der Waals surface area contributed by atoms with Crippen LogP contribution >= 0.6 is 11.8 Å². The number of ether oxygens (including phenoxy) is 1. The van der Waals surface area contributed by atoms with Crippen LogP contribution in [0.15, 0.2) is 34.2 Å². The fourth-order valence-corrected chi connectivity index (χ4v) is 2.43. The Hall–Kier alpha value is -1.73. The molecule has 0 amide bonds. The monoisotopic (exact) mass is 311 g/mol. The number of benzene rings is 1. The van der Waals surface area contributed by atoms with Crippen molar-refractivity contribution in [2.45, 2.75) is 23.5 Å². The fourth-order valence-electron chi connectivity index (χ4n) is 1.57. The zero-order valence-electron chi connectivity index (χ0n) is 11.7. The van der Waals surface area contributed by atoms with Gasteiger partial charge in [0.2, 0.25) is 0 Å². The summed E-state index contributed by atoms with van der Waals surface area (Å²) in [6.07, 6.45) is 0. The first-order chi connectivity index (χ1) is 10.1. The van der Waals surface area contributed by atoms with Crippen LogP contribution in [0.25, 0.3) is 0 Å². The molecule has 0 radical (unpaired) electrons. The van der Waals surface area contributed by atoms with Gasteiger partial charge in [-0.05, 0) is 25.1 Å². The van der Waals surface area contributed by atoms with Crippen LogP contribution in [0.1, 0.15) is 12.7 Å². The van der Waals surface area contributed by atoms with Crippen molar-refractivity contribution in [1.29, 1.82) is 0 Å². The predicted octanol–water partition coefficient (Wildman–Crippen LogP) is 3.48. The molecule has 0 aliphatic rings. The molecule has 0 atom stereocenters. The van der Waals surface area contributed by atoms with E-state index in [1.54, 1.807) is 13.1 Å². The molecule has 1 heterocycles. The molecule has 0 fully saturated rings. The molecule has 0 bridgehead atoms. The lowest BCUT2D eigenvalue weighted by Crippen LogP contribution is -2.03. The van der Waals surface area contributed by atoms with Crippen molar-refractivity contribution in [2.24, 2.45) is 0 Å². The van der Waals surface area contributed by atoms with E-state index in [1.807, 2.05) is 6.92 Å². The number of nitrogens with zero attached hydrogens (tertiary/aromatic N) is 2. The number of hydrogen-bond acceptors (Lipinski definition) is 5. The number of aromatic nitrogens is 2. The van der Waals surface area contributed by atoms with Gasteiger partial charge in [0.1, 0.15) is 17.5 Å². The number of rotatable bonds is 6. The number of halogens is 2. The van der Waals surface area contributed by atoms with E-state index in [2.05, 4.69) is 15.3 Å². The van der Waals surface area contributed by atoms with Gasteiger partial charge in [0.15, 0.2) is 17.5 Å². The Balaban J connectivity index is 2.23. The Labute approximate surface area is 126 Å². The molecule has 4 nitrogen and oxygen atoms in total. The summed E-state index contributed by atoms with van der Waals surface area (Å²) in [6.45, 7) is 2.76. The van der Waals surface area contributed by atoms with Gasteiger partial charge in [0.25, 0.3) is 0 Å². The minimum absolute atomic E-state index is 0.303. The van der Waals surface area contributed by atoms with E-state index in [9.17, 15) is 8.78 Å². The molecule has 21 heavy (non-hydrogen) atoms. The average Bonchev–Trinajstić information content (AvgIpc) is 2.48. The first-order valence-corrected chi connectivity index (χ1v) is 7.20. The third-order valence-electron chi connectivity index (χ3n) is 2.55. The molecule has 0 saturated carbocycles. The lowest BCUT2D eigenvalue weighted by molar-refractivity contribution is 0.128. The predicted molar refractivity (Wildman–Crippen MR) is 77.4 cm³/mol. The maximum atomic E-state index is 13.2. The molecule has 2 aromatic rings. The molecule has 2 rings (SSSR count). The molecule has 1 aromatic heterocycles. The molecule has 0 aliphatic heterocycles. The molecule has 0 spiro atoms. The van der Waals surface area contributed by atoms with Crippen LogP contribution < -0.4 is 5.32 Å². The Bertz CT molecular complexity index is 625. The number of anilines is 1. The normalized spacial score (nSPS) is 10.7. The molecule has 1 aromatic carbocycles. The Kier molecular flexibility index (Phi) is 5.46. The van der Waals surface area contributed by atoms with Crippen LogP contribution in [-0.2, 0) is 11.3 Å². The lowest BCUT2D eigenvalue weighted by atomic mass is 10.3. The van der Waals surface area contributed by atoms with Gasteiger partial charge in [-0.25, -0.2) is 18.7 Å². The molecule has 1 N–H and O–H groups in total. The Morgan fingerprint density at radius 3 is 2.67 bits per heavy atom. The molecule has 0 aliphatic carbocycles. The van der Waals surface area contributed by atoms with Crippen molar-refractivity contribution in [2.75, 3.05) is 19.0 Å². The first kappa shape index (κ1) is 15.7. The summed E-state index contributed by atoms with van der Waals surface area (Å²) in [5.41, 5.74) is 0. The smallest absolute Gasteiger partial charge is 0.159 e. The lowest BCUT2D eigenvalue weighted by Gasteiger charge is -2.08. The van der Waals surface area contributed by atoms with Crippen LogP contribution in [0.5, 0.6) is 0 Å². The summed E-state index contributed by atoms with van der Waals surface area (Å²) in [5, 5.41) is 3.57. The molecular weight excluding hydrogens is 296 g/mol. The zero-order valence-corrected chi connectivity index (χ0v) is 12.5. The van der Waals surface area contributed by atoms with E-state index in [4.69, 9.17) is 4.74 Å². The standard InChI is InChI=1S/C14H15F2N3OS/c1-3-20-8-13-18-12(17-2)7-14(19-13)21-9-4-5-10(15)11(16)6-9/h4-7H,3,8H2,1-2H3,(H,17,18,19). The largest absolute Gasteiger partial charge is 0.374 e. The van der Waals surface area contributed by atoms with Crippen molar-refractivity contribution in [3.8, 4) is 0 Å². The molecule has 0 saturated heterocycles. The van der Waals surface area contributed by atoms with Crippen molar-refractivity contribution >= 4 is 17.6 Å². The highest BCUT2D eigenvalue weighted by molar-refractivity contribution is 7.99. The highest BCUT2D eigenvalue weighted by atomic mass is 32.2. The maximum absolute atomic E-state index is 13.2. The van der Waals surface area contributed by atoms with Crippen LogP contribution in [0.3, 0.4) is 0 Å². The SMILES string of the molecule is CCOCc1nc(NC)cc(Sc2ccc(F)c(F)c2)n1. The summed E-state index contributed by atoms with van der Waals surface area (Å²) < 4.78 is 31.4. The van der Waals surface area contributed by atoms with Crippen LogP contribution in [-0.4, -0.2) is 23.6 Å². The Morgan fingerprint density at radius 2 is 2.00 bits per heavy atom. The highest BCUT2D eigenvalue weighted by Gasteiger charge is 2.08. The quantitative estimate of drug-likeness (QED) is 0.828. The van der Waals surface area contributed by atoms with Crippen LogP contribution in [0, 0.1) is 11.6 Å². The fraction of sp³-hybridized carbons (Fsp3) is 0.286. The van der Waals surface area contributed by atoms with Crippen LogP contribution in [0.2, 0.25) is 0 Å². The summed E-state index contributed by atoms with van der Waals surface area (Å²) >= 11 is 1.23. The minimum Gasteiger partial charge on any atom is -0.374 e. The van der Waals surface area contributed by atoms with E-state index in [-0.39, 0.29) is 0 Å². The van der Waals surface area contributed by atoms with E-state index >= 15 is 0 Å². The number of nitrogens with one attached hydrogen (secondary N) is 1. The summed E-state index contributed by atoms with van der Waals surface area (Å²) in [7, 11) is 1.75. The summed E-state index contributed by atoms with van der Waals surface area (Å²) in [4.78, 5) is 9.17. The second-order valence-corrected chi connectivity index (χ2v) is 5.17. The van der Waals surface area contributed by atoms with Crippen molar-refractivity contribution in [3.05, 3.63) is 41.7 Å². The van der Waals surface area contributed by atoms with Gasteiger partial charge in [-0.1, -0.05) is 11.8 Å². The summed E-state index contributed by atoms with van der Waals surface area (Å²) in [5.74, 6) is -0.564. The second-order valence-electron chi connectivity index (χ2n) is 4.07. The van der Waals surface area contributed by atoms with E-state index in [0.29, 0.717) is 34.8 Å². The molecular formula is C14H15F2N3OS. The van der Waals surface area contributed by atoms with Gasteiger partial charge in [-0.15, -0.1) is 0 Å². The molecule has 0 unspecified atom stereocenters. The van der Waals surface area contributed by atoms with Gasteiger partial charge in [-0.3, -0.25) is 0 Å². The van der Waals surface area contributed by atoms with Crippen molar-refractivity contribution < 1.29 is 13.5 Å². The molecule has 112 valence electrons. The minimum atomic E-state index is -0.877. The van der Waals surface area contributed by atoms with E-state index < -0.39 is 11.6 Å². The second kappa shape index (κ2) is 7.33. The molecule has 7 heteroatoms. The zero-order chi connectivity index (χ0) is 15.2. The highest BCUT2D eigenvalue weighted by Crippen LogP contribution is 2.28. The van der Waals surface area contributed by atoms with Crippen molar-refractivity contribution in [3.63, 3.8) is 0 Å². The third-order valence-corrected chi connectivity index (χ3v) is 3.46. The average molecular weight is 311 g/mol. The topological polar surface area (TPSA) is 47.0 Å². The maximum Gasteiger partial charge on any atom is 0.159 e. The van der Waals surface area contributed by atoms with Crippen molar-refractivity contribution in [1.82, 2.24) is 9.97 Å². The van der Waals surface area contributed by atoms with Gasteiger partial charge in [0, 0.05) is 24.6 Å². The summed E-state index contributed by atoms with van der Waals surface area (Å²) in [6, 6.07) is 5.48.